The van der Waals surface area contributed by atoms with Crippen LogP contribution in [0.4, 0.5) is 0 Å². The van der Waals surface area contributed by atoms with Gasteiger partial charge in [0.2, 0.25) is 5.70 Å². The summed E-state index contributed by atoms with van der Waals surface area (Å²) in [5.74, 6) is -0.0921. The van der Waals surface area contributed by atoms with Crippen LogP contribution < -0.4 is 4.74 Å². The van der Waals surface area contributed by atoms with Crippen molar-refractivity contribution < 1.29 is 19.2 Å². The molecule has 0 radical (unpaired) electrons. The zero-order valence-corrected chi connectivity index (χ0v) is 12.2. The molecular formula is C15H17NO5. The molecule has 1 aromatic rings. The molecule has 0 unspecified atom stereocenters. The van der Waals surface area contributed by atoms with Gasteiger partial charge in [-0.25, -0.2) is 4.79 Å². The van der Waals surface area contributed by atoms with Gasteiger partial charge < -0.3 is 9.47 Å². The van der Waals surface area contributed by atoms with Crippen molar-refractivity contribution in [2.45, 2.75) is 20.8 Å². The van der Waals surface area contributed by atoms with Crippen LogP contribution in [0.25, 0.3) is 6.08 Å². The average Bonchev–Trinajstić information content (AvgIpc) is 2.41. The molecule has 0 N–H and O–H groups in total. The van der Waals surface area contributed by atoms with E-state index < -0.39 is 10.9 Å². The van der Waals surface area contributed by atoms with Gasteiger partial charge in [-0.15, -0.1) is 0 Å². The quantitative estimate of drug-likeness (QED) is 0.264. The maximum Gasteiger partial charge on any atom is 0.333 e. The van der Waals surface area contributed by atoms with E-state index in [9.17, 15) is 14.9 Å². The van der Waals surface area contributed by atoms with Crippen LogP contribution in [0.2, 0.25) is 0 Å². The molecule has 0 aliphatic heterocycles. The van der Waals surface area contributed by atoms with Crippen LogP contribution in [0.5, 0.6) is 5.75 Å². The highest BCUT2D eigenvalue weighted by Crippen LogP contribution is 2.23. The molecule has 0 bridgehead atoms. The van der Waals surface area contributed by atoms with Gasteiger partial charge in [0.25, 0.3) is 0 Å². The molecular weight excluding hydrogens is 274 g/mol. The molecule has 0 aromatic heterocycles. The molecule has 0 aliphatic rings. The Morgan fingerprint density at radius 2 is 2.14 bits per heavy atom. The normalized spacial score (nSPS) is 11.5. The van der Waals surface area contributed by atoms with E-state index in [4.69, 9.17) is 9.47 Å². The summed E-state index contributed by atoms with van der Waals surface area (Å²) in [4.78, 5) is 21.4. The number of nitro groups is 1. The second-order valence-corrected chi connectivity index (χ2v) is 4.26. The van der Waals surface area contributed by atoms with Crippen molar-refractivity contribution in [2.24, 2.45) is 0 Å². The number of aryl methyl sites for hydroxylation is 1. The Morgan fingerprint density at radius 3 is 2.76 bits per heavy atom. The van der Waals surface area contributed by atoms with Crippen molar-refractivity contribution in [3.8, 4) is 5.75 Å². The summed E-state index contributed by atoms with van der Waals surface area (Å²) in [5.41, 5.74) is 1.51. The number of esters is 1. The van der Waals surface area contributed by atoms with Gasteiger partial charge in [-0.1, -0.05) is 11.6 Å². The third-order valence-corrected chi connectivity index (χ3v) is 2.50. The number of ether oxygens (including phenoxy) is 2. The van der Waals surface area contributed by atoms with Crippen LogP contribution in [0.3, 0.4) is 0 Å². The molecule has 0 amide bonds. The molecule has 0 saturated heterocycles. The number of benzene rings is 1. The van der Waals surface area contributed by atoms with Crippen LogP contribution in [0, 0.1) is 17.0 Å². The van der Waals surface area contributed by atoms with E-state index >= 15 is 0 Å². The van der Waals surface area contributed by atoms with Crippen LogP contribution >= 0.6 is 0 Å². The van der Waals surface area contributed by atoms with Crippen molar-refractivity contribution in [2.75, 3.05) is 6.61 Å². The van der Waals surface area contributed by atoms with Crippen molar-refractivity contribution in [1.29, 1.82) is 0 Å². The summed E-state index contributed by atoms with van der Waals surface area (Å²) in [7, 11) is 0. The summed E-state index contributed by atoms with van der Waals surface area (Å²) in [6.45, 7) is 5.26. The minimum Gasteiger partial charge on any atom is -0.464 e. The van der Waals surface area contributed by atoms with E-state index in [0.29, 0.717) is 11.3 Å². The molecule has 21 heavy (non-hydrogen) atoms. The van der Waals surface area contributed by atoms with E-state index in [2.05, 4.69) is 0 Å². The van der Waals surface area contributed by atoms with Crippen molar-refractivity contribution >= 4 is 12.0 Å². The number of hydrogen-bond acceptors (Lipinski definition) is 5. The predicted octanol–water partition coefficient (Wildman–Crippen LogP) is 3.09. The van der Waals surface area contributed by atoms with Crippen LogP contribution in [-0.4, -0.2) is 17.5 Å². The summed E-state index contributed by atoms with van der Waals surface area (Å²) >= 11 is 0. The van der Waals surface area contributed by atoms with E-state index in [1.165, 1.54) is 19.3 Å². The van der Waals surface area contributed by atoms with Crippen LogP contribution in [-0.2, 0) is 9.53 Å². The zero-order chi connectivity index (χ0) is 15.8. The van der Waals surface area contributed by atoms with Gasteiger partial charge in [-0.3, -0.25) is 10.1 Å². The first-order valence-corrected chi connectivity index (χ1v) is 6.37. The molecule has 112 valence electrons. The zero-order valence-electron chi connectivity index (χ0n) is 12.2. The minimum absolute atomic E-state index is 0.000165. The molecule has 6 nitrogen and oxygen atoms in total. The van der Waals surface area contributed by atoms with Crippen LogP contribution in [0.1, 0.15) is 25.0 Å². The SMILES string of the molecule is CCOC(=O)/C=C/Oc1ccc(C)cc1/C=C(\C)[N+](=O)[O-]. The molecule has 6 heteroatoms. The van der Waals surface area contributed by atoms with E-state index in [1.807, 2.05) is 13.0 Å². The first kappa shape index (κ1) is 16.4. The Kier molecular flexibility index (Phi) is 6.13. The summed E-state index contributed by atoms with van der Waals surface area (Å²) < 4.78 is 10.1. The fourth-order valence-electron chi connectivity index (χ4n) is 1.52. The van der Waals surface area contributed by atoms with Gasteiger partial charge in [-0.05, 0) is 26.0 Å². The number of carbonyl (C=O) groups is 1. The topological polar surface area (TPSA) is 78.7 Å². The predicted molar refractivity (Wildman–Crippen MR) is 78.2 cm³/mol. The Bertz CT molecular complexity index is 590. The number of allylic oxidation sites excluding steroid dienone is 1. The highest BCUT2D eigenvalue weighted by Gasteiger charge is 2.07. The lowest BCUT2D eigenvalue weighted by Crippen LogP contribution is -2.00. The number of carbonyl (C=O) groups excluding carboxylic acids is 1. The smallest absolute Gasteiger partial charge is 0.333 e. The monoisotopic (exact) mass is 291 g/mol. The Morgan fingerprint density at radius 1 is 1.43 bits per heavy atom. The second kappa shape index (κ2) is 7.84. The number of rotatable bonds is 6. The van der Waals surface area contributed by atoms with Crippen molar-refractivity contribution in [1.82, 2.24) is 0 Å². The first-order valence-electron chi connectivity index (χ1n) is 6.37. The largest absolute Gasteiger partial charge is 0.464 e. The molecule has 0 heterocycles. The van der Waals surface area contributed by atoms with Gasteiger partial charge in [-0.2, -0.15) is 0 Å². The van der Waals surface area contributed by atoms with E-state index in [-0.39, 0.29) is 12.3 Å². The maximum absolute atomic E-state index is 11.1. The fourth-order valence-corrected chi connectivity index (χ4v) is 1.52. The Labute approximate surface area is 122 Å². The lowest BCUT2D eigenvalue weighted by Gasteiger charge is -2.06. The van der Waals surface area contributed by atoms with E-state index in [0.717, 1.165) is 11.6 Å². The van der Waals surface area contributed by atoms with Gasteiger partial charge in [0.15, 0.2) is 0 Å². The molecule has 0 saturated carbocycles. The van der Waals surface area contributed by atoms with Crippen molar-refractivity contribution in [3.05, 3.63) is 57.5 Å². The fraction of sp³-hybridized carbons (Fsp3) is 0.267. The number of hydrogen-bond donors (Lipinski definition) is 0. The van der Waals surface area contributed by atoms with Gasteiger partial charge in [0, 0.05) is 18.6 Å². The third-order valence-electron chi connectivity index (χ3n) is 2.50. The van der Waals surface area contributed by atoms with Gasteiger partial charge in [0.05, 0.1) is 23.9 Å². The molecule has 0 aliphatic carbocycles. The third kappa shape index (κ3) is 5.48. The highest BCUT2D eigenvalue weighted by molar-refractivity contribution is 5.81. The van der Waals surface area contributed by atoms with Gasteiger partial charge in [0.1, 0.15) is 5.75 Å². The molecule has 0 fully saturated rings. The molecule has 1 aromatic carbocycles. The van der Waals surface area contributed by atoms with E-state index in [1.54, 1.807) is 19.1 Å². The first-order chi connectivity index (χ1) is 9.93. The lowest BCUT2D eigenvalue weighted by atomic mass is 10.1. The summed E-state index contributed by atoms with van der Waals surface area (Å²) in [5, 5.41) is 10.7. The lowest BCUT2D eigenvalue weighted by molar-refractivity contribution is -0.422. The molecule has 0 atom stereocenters. The highest BCUT2D eigenvalue weighted by atomic mass is 16.6. The summed E-state index contributed by atoms with van der Waals surface area (Å²) in [6, 6.07) is 5.26. The molecule has 1 rings (SSSR count). The molecule has 0 spiro atoms. The summed E-state index contributed by atoms with van der Waals surface area (Å²) in [6.07, 6.45) is 3.76. The minimum atomic E-state index is -0.511. The second-order valence-electron chi connectivity index (χ2n) is 4.26. The average molecular weight is 291 g/mol. The van der Waals surface area contributed by atoms with Crippen molar-refractivity contribution in [3.63, 3.8) is 0 Å². The Hall–Kier alpha value is -2.63. The Balaban J connectivity index is 2.95. The van der Waals surface area contributed by atoms with Gasteiger partial charge >= 0.3 is 5.97 Å². The van der Waals surface area contributed by atoms with Crippen LogP contribution in [0.15, 0.2) is 36.2 Å². The standard InChI is InChI=1S/C15H17NO5/c1-4-20-15(17)7-8-21-14-6-5-11(2)9-13(14)10-12(3)16(18)19/h5-10H,4H2,1-3H3/b8-7+,12-10+. The maximum atomic E-state index is 11.1. The number of nitrogens with zero attached hydrogens (tertiary/aromatic N) is 1.